The summed E-state index contributed by atoms with van der Waals surface area (Å²) in [7, 11) is 0. The van der Waals surface area contributed by atoms with Gasteiger partial charge in [0.1, 0.15) is 0 Å². The minimum atomic E-state index is -0.486. The van der Waals surface area contributed by atoms with E-state index >= 15 is 0 Å². The van der Waals surface area contributed by atoms with Crippen LogP contribution in [-0.4, -0.2) is 55.1 Å². The highest BCUT2D eigenvalue weighted by Crippen LogP contribution is 2.48. The van der Waals surface area contributed by atoms with E-state index in [1.807, 2.05) is 0 Å². The first-order chi connectivity index (χ1) is 11.1. The Balaban J connectivity index is 1.54. The maximum Gasteiger partial charge on any atom is 0.269 e. The van der Waals surface area contributed by atoms with Gasteiger partial charge < -0.3 is 10.1 Å². The lowest BCUT2D eigenvalue weighted by Crippen LogP contribution is -2.43. The predicted molar refractivity (Wildman–Crippen MR) is 84.3 cm³/mol. The van der Waals surface area contributed by atoms with Crippen molar-refractivity contribution in [1.29, 1.82) is 0 Å². The molecule has 0 spiro atoms. The van der Waals surface area contributed by atoms with E-state index in [1.54, 1.807) is 12.1 Å². The second kappa shape index (κ2) is 6.64. The number of morpholine rings is 1. The van der Waals surface area contributed by atoms with Gasteiger partial charge >= 0.3 is 0 Å². The van der Waals surface area contributed by atoms with E-state index in [2.05, 4.69) is 10.2 Å². The molecule has 1 saturated heterocycles. The van der Waals surface area contributed by atoms with Crippen molar-refractivity contribution < 1.29 is 14.5 Å². The number of nitro groups is 1. The summed E-state index contributed by atoms with van der Waals surface area (Å²) in [6.45, 7) is 4.76. The number of rotatable bonds is 6. The average molecular weight is 319 g/mol. The molecule has 2 fully saturated rings. The number of carbonyl (C=O) groups is 1. The Morgan fingerprint density at radius 3 is 2.48 bits per heavy atom. The summed E-state index contributed by atoms with van der Waals surface area (Å²) in [5, 5.41) is 13.7. The summed E-state index contributed by atoms with van der Waals surface area (Å²) in [5.74, 6) is 0.0274. The van der Waals surface area contributed by atoms with Crippen molar-refractivity contribution in [3.05, 3.63) is 39.9 Å². The lowest BCUT2D eigenvalue weighted by Gasteiger charge is -2.26. The fraction of sp³-hybridized carbons (Fsp3) is 0.562. The first kappa shape index (κ1) is 15.9. The zero-order valence-electron chi connectivity index (χ0n) is 13.0. The van der Waals surface area contributed by atoms with Gasteiger partial charge in [-0.2, -0.15) is 0 Å². The topological polar surface area (TPSA) is 84.7 Å². The second-order valence-electron chi connectivity index (χ2n) is 6.10. The highest BCUT2D eigenvalue weighted by molar-refractivity contribution is 5.91. The van der Waals surface area contributed by atoms with Crippen LogP contribution in [0.4, 0.5) is 5.69 Å². The van der Waals surface area contributed by atoms with Crippen LogP contribution in [0.3, 0.4) is 0 Å². The van der Waals surface area contributed by atoms with Crippen LogP contribution < -0.4 is 5.32 Å². The summed E-state index contributed by atoms with van der Waals surface area (Å²) < 4.78 is 5.30. The molecule has 1 aliphatic heterocycles. The van der Waals surface area contributed by atoms with Crippen LogP contribution in [0, 0.1) is 10.1 Å². The van der Waals surface area contributed by atoms with Gasteiger partial charge in [0.2, 0.25) is 5.91 Å². The monoisotopic (exact) mass is 319 g/mol. The molecule has 23 heavy (non-hydrogen) atoms. The number of carbonyl (C=O) groups excluding carboxylic acids is 1. The molecule has 1 heterocycles. The van der Waals surface area contributed by atoms with Crippen LogP contribution in [0.1, 0.15) is 18.4 Å². The van der Waals surface area contributed by atoms with Gasteiger partial charge in [0.15, 0.2) is 0 Å². The first-order valence-electron chi connectivity index (χ1n) is 7.95. The number of benzene rings is 1. The Hall–Kier alpha value is -1.99. The Morgan fingerprint density at radius 2 is 1.91 bits per heavy atom. The number of ether oxygens (including phenoxy) is 1. The highest BCUT2D eigenvalue weighted by Gasteiger charge is 2.51. The largest absolute Gasteiger partial charge is 0.379 e. The molecule has 1 aliphatic carbocycles. The molecule has 0 bridgehead atoms. The lowest BCUT2D eigenvalue weighted by atomic mass is 9.95. The standard InChI is InChI=1S/C16H21N3O4/c20-15(17-7-8-18-9-11-23-12-10-18)16(5-6-16)13-1-3-14(4-2-13)19(21)22/h1-4H,5-12H2,(H,17,20). The molecule has 1 aromatic rings. The molecule has 124 valence electrons. The maximum atomic E-state index is 12.5. The van der Waals surface area contributed by atoms with Crippen LogP contribution in [0.25, 0.3) is 0 Å². The maximum absolute atomic E-state index is 12.5. The Bertz CT molecular complexity index is 577. The fourth-order valence-corrected chi connectivity index (χ4v) is 3.00. The molecule has 1 aromatic carbocycles. The van der Waals surface area contributed by atoms with E-state index in [0.717, 1.165) is 51.3 Å². The molecule has 3 rings (SSSR count). The van der Waals surface area contributed by atoms with E-state index in [9.17, 15) is 14.9 Å². The van der Waals surface area contributed by atoms with Crippen molar-refractivity contribution >= 4 is 11.6 Å². The number of nitrogens with zero attached hydrogens (tertiary/aromatic N) is 2. The molecule has 1 N–H and O–H groups in total. The fourth-order valence-electron chi connectivity index (χ4n) is 3.00. The van der Waals surface area contributed by atoms with E-state index in [4.69, 9.17) is 4.74 Å². The second-order valence-corrected chi connectivity index (χ2v) is 6.10. The van der Waals surface area contributed by atoms with E-state index in [1.165, 1.54) is 12.1 Å². The molecule has 0 aromatic heterocycles. The lowest BCUT2D eigenvalue weighted by molar-refractivity contribution is -0.384. The summed E-state index contributed by atoms with van der Waals surface area (Å²) >= 11 is 0. The third kappa shape index (κ3) is 3.51. The number of hydrogen-bond acceptors (Lipinski definition) is 5. The van der Waals surface area contributed by atoms with Crippen LogP contribution >= 0.6 is 0 Å². The molecule has 0 unspecified atom stereocenters. The molecule has 0 radical (unpaired) electrons. The van der Waals surface area contributed by atoms with E-state index < -0.39 is 10.3 Å². The molecule has 2 aliphatic rings. The summed E-state index contributed by atoms with van der Waals surface area (Å²) in [6.07, 6.45) is 1.60. The van der Waals surface area contributed by atoms with Gasteiger partial charge in [0, 0.05) is 38.3 Å². The molecule has 1 saturated carbocycles. The number of nitro benzene ring substituents is 1. The zero-order chi connectivity index (χ0) is 16.3. The molecule has 1 amide bonds. The normalized spacial score (nSPS) is 20.0. The average Bonchev–Trinajstić information content (AvgIpc) is 3.38. The molecule has 7 nitrogen and oxygen atoms in total. The van der Waals surface area contributed by atoms with Crippen LogP contribution in [0.2, 0.25) is 0 Å². The predicted octanol–water partition coefficient (Wildman–Crippen LogP) is 1.07. The number of amides is 1. The van der Waals surface area contributed by atoms with Crippen LogP contribution in [-0.2, 0) is 14.9 Å². The minimum Gasteiger partial charge on any atom is -0.379 e. The first-order valence-corrected chi connectivity index (χ1v) is 7.95. The van der Waals surface area contributed by atoms with Crippen molar-refractivity contribution in [2.24, 2.45) is 0 Å². The van der Waals surface area contributed by atoms with Crippen molar-refractivity contribution in [3.8, 4) is 0 Å². The van der Waals surface area contributed by atoms with E-state index in [0.29, 0.717) is 6.54 Å². The van der Waals surface area contributed by atoms with Gasteiger partial charge in [-0.1, -0.05) is 12.1 Å². The molecule has 0 atom stereocenters. The van der Waals surface area contributed by atoms with Crippen molar-refractivity contribution in [2.75, 3.05) is 39.4 Å². The van der Waals surface area contributed by atoms with Gasteiger partial charge in [-0.25, -0.2) is 0 Å². The third-order valence-electron chi connectivity index (χ3n) is 4.63. The van der Waals surface area contributed by atoms with Crippen LogP contribution in [0.5, 0.6) is 0 Å². The third-order valence-corrected chi connectivity index (χ3v) is 4.63. The van der Waals surface area contributed by atoms with Gasteiger partial charge in [-0.3, -0.25) is 19.8 Å². The van der Waals surface area contributed by atoms with Crippen LogP contribution in [0.15, 0.2) is 24.3 Å². The Labute approximate surface area is 134 Å². The Kier molecular flexibility index (Phi) is 4.58. The van der Waals surface area contributed by atoms with Gasteiger partial charge in [0.25, 0.3) is 5.69 Å². The summed E-state index contributed by atoms with van der Waals surface area (Å²) in [5.41, 5.74) is 0.435. The summed E-state index contributed by atoms with van der Waals surface area (Å²) in [6, 6.07) is 6.34. The number of hydrogen-bond donors (Lipinski definition) is 1. The minimum absolute atomic E-state index is 0.0274. The van der Waals surface area contributed by atoms with Crippen molar-refractivity contribution in [1.82, 2.24) is 10.2 Å². The number of non-ortho nitro benzene ring substituents is 1. The van der Waals surface area contributed by atoms with Gasteiger partial charge in [-0.15, -0.1) is 0 Å². The Morgan fingerprint density at radius 1 is 1.26 bits per heavy atom. The quantitative estimate of drug-likeness (QED) is 0.626. The van der Waals surface area contributed by atoms with E-state index in [-0.39, 0.29) is 11.6 Å². The molecular formula is C16H21N3O4. The smallest absolute Gasteiger partial charge is 0.269 e. The van der Waals surface area contributed by atoms with Crippen molar-refractivity contribution in [2.45, 2.75) is 18.3 Å². The van der Waals surface area contributed by atoms with Crippen molar-refractivity contribution in [3.63, 3.8) is 0 Å². The van der Waals surface area contributed by atoms with Gasteiger partial charge in [-0.05, 0) is 18.4 Å². The SMILES string of the molecule is O=C(NCCN1CCOCC1)C1(c2ccc([N+](=O)[O-])cc2)CC1. The number of nitrogens with one attached hydrogen (secondary N) is 1. The molecule has 7 heteroatoms. The van der Waals surface area contributed by atoms with Gasteiger partial charge in [0.05, 0.1) is 23.6 Å². The summed E-state index contributed by atoms with van der Waals surface area (Å²) in [4.78, 5) is 25.1. The molecular weight excluding hydrogens is 298 g/mol. The zero-order valence-corrected chi connectivity index (χ0v) is 13.0. The highest BCUT2D eigenvalue weighted by atomic mass is 16.6.